The third kappa shape index (κ3) is 3.44. The molecule has 0 spiro atoms. The minimum absolute atomic E-state index is 0.111. The first-order valence-electron chi connectivity index (χ1n) is 4.90. The Kier molecular flexibility index (Phi) is 4.42. The van der Waals surface area contributed by atoms with Crippen LogP contribution in [0.4, 0.5) is 13.2 Å². The van der Waals surface area contributed by atoms with Crippen molar-refractivity contribution in [2.24, 2.45) is 5.73 Å². The number of hydrogen-bond donors (Lipinski definition) is 1. The molecule has 0 aromatic carbocycles. The van der Waals surface area contributed by atoms with Gasteiger partial charge in [-0.1, -0.05) is 0 Å². The average molecular weight is 302 g/mol. The quantitative estimate of drug-likeness (QED) is 0.920. The van der Waals surface area contributed by atoms with Crippen LogP contribution < -0.4 is 5.73 Å². The summed E-state index contributed by atoms with van der Waals surface area (Å²) < 4.78 is 60.8. The second kappa shape index (κ2) is 5.16. The Hall–Kier alpha value is -0.640. The topological polar surface area (TPSA) is 63.4 Å². The van der Waals surface area contributed by atoms with Gasteiger partial charge in [0.1, 0.15) is 6.54 Å². The number of aryl methyl sites for hydroxylation is 1. The number of rotatable bonds is 4. The van der Waals surface area contributed by atoms with Gasteiger partial charge in [0, 0.05) is 23.3 Å². The van der Waals surface area contributed by atoms with Crippen molar-refractivity contribution in [3.63, 3.8) is 0 Å². The van der Waals surface area contributed by atoms with Gasteiger partial charge in [-0.2, -0.15) is 17.5 Å². The number of thiophene rings is 1. The Labute approximate surface area is 107 Å². The van der Waals surface area contributed by atoms with Crippen LogP contribution in [0.3, 0.4) is 0 Å². The van der Waals surface area contributed by atoms with Gasteiger partial charge in [-0.25, -0.2) is 8.42 Å². The molecule has 0 fully saturated rings. The number of halogens is 3. The van der Waals surface area contributed by atoms with Gasteiger partial charge in [0.05, 0.1) is 4.90 Å². The van der Waals surface area contributed by atoms with Crippen LogP contribution in [-0.2, 0) is 16.6 Å². The van der Waals surface area contributed by atoms with E-state index in [0.29, 0.717) is 14.1 Å². The molecule has 0 saturated carbocycles. The number of sulfonamides is 1. The Balaban J connectivity index is 3.09. The lowest BCUT2D eigenvalue weighted by Gasteiger charge is -2.18. The molecule has 1 rings (SSSR count). The van der Waals surface area contributed by atoms with Gasteiger partial charge in [0.2, 0.25) is 10.0 Å². The molecule has 1 aromatic rings. The third-order valence-corrected chi connectivity index (χ3v) is 5.35. The molecular formula is C9H13F3N2O2S2. The van der Waals surface area contributed by atoms with Crippen LogP contribution in [0.15, 0.2) is 11.0 Å². The fourth-order valence-corrected chi connectivity index (χ4v) is 4.02. The summed E-state index contributed by atoms with van der Waals surface area (Å²) in [5.41, 5.74) is 5.38. The van der Waals surface area contributed by atoms with Gasteiger partial charge in [0.25, 0.3) is 0 Å². The van der Waals surface area contributed by atoms with Crippen molar-refractivity contribution in [2.75, 3.05) is 13.6 Å². The molecule has 0 saturated heterocycles. The number of nitrogens with zero attached hydrogens (tertiary/aromatic N) is 1. The SMILES string of the molecule is Cc1sc(CN)cc1S(=O)(=O)N(C)CC(F)(F)F. The van der Waals surface area contributed by atoms with E-state index in [-0.39, 0.29) is 11.4 Å². The smallest absolute Gasteiger partial charge is 0.326 e. The molecule has 9 heteroatoms. The number of nitrogens with two attached hydrogens (primary N) is 1. The lowest BCUT2D eigenvalue weighted by molar-refractivity contribution is -0.134. The second-order valence-corrected chi connectivity index (χ2v) is 7.07. The summed E-state index contributed by atoms with van der Waals surface area (Å²) >= 11 is 1.16. The standard InChI is InChI=1S/C9H13F3N2O2S2/c1-6-8(3-7(4-13)17-6)18(15,16)14(2)5-9(10,11)12/h3H,4-5,13H2,1-2H3. The van der Waals surface area contributed by atoms with Gasteiger partial charge < -0.3 is 5.73 Å². The molecule has 0 aliphatic carbocycles. The lowest BCUT2D eigenvalue weighted by Crippen LogP contribution is -2.35. The molecule has 2 N–H and O–H groups in total. The monoisotopic (exact) mass is 302 g/mol. The first kappa shape index (κ1) is 15.4. The summed E-state index contributed by atoms with van der Waals surface area (Å²) in [5.74, 6) is 0. The van der Waals surface area contributed by atoms with E-state index < -0.39 is 22.7 Å². The summed E-state index contributed by atoms with van der Waals surface area (Å²) in [4.78, 5) is 0.940. The van der Waals surface area contributed by atoms with Crippen molar-refractivity contribution in [3.8, 4) is 0 Å². The van der Waals surface area contributed by atoms with E-state index in [1.54, 1.807) is 0 Å². The average Bonchev–Trinajstić information content (AvgIpc) is 2.57. The van der Waals surface area contributed by atoms with E-state index >= 15 is 0 Å². The number of alkyl halides is 3. The fourth-order valence-electron chi connectivity index (χ4n) is 1.39. The number of hydrogen-bond acceptors (Lipinski definition) is 4. The summed E-state index contributed by atoms with van der Waals surface area (Å²) in [6.45, 7) is 0.185. The van der Waals surface area contributed by atoms with Crippen molar-refractivity contribution in [3.05, 3.63) is 15.8 Å². The van der Waals surface area contributed by atoms with E-state index in [1.165, 1.54) is 13.0 Å². The van der Waals surface area contributed by atoms with Crippen LogP contribution >= 0.6 is 11.3 Å². The van der Waals surface area contributed by atoms with Crippen LogP contribution in [0.2, 0.25) is 0 Å². The van der Waals surface area contributed by atoms with Crippen molar-refractivity contribution in [2.45, 2.75) is 24.5 Å². The van der Waals surface area contributed by atoms with Gasteiger partial charge in [0.15, 0.2) is 0 Å². The van der Waals surface area contributed by atoms with Gasteiger partial charge in [-0.3, -0.25) is 0 Å². The zero-order chi connectivity index (χ0) is 14.1. The molecule has 0 atom stereocenters. The van der Waals surface area contributed by atoms with Gasteiger partial charge in [-0.05, 0) is 13.0 Å². The maximum Gasteiger partial charge on any atom is 0.402 e. The highest BCUT2D eigenvalue weighted by molar-refractivity contribution is 7.89. The first-order valence-corrected chi connectivity index (χ1v) is 7.16. The Morgan fingerprint density at radius 2 is 2.00 bits per heavy atom. The predicted octanol–water partition coefficient (Wildman–Crippen LogP) is 1.70. The van der Waals surface area contributed by atoms with Crippen LogP contribution in [0.1, 0.15) is 9.75 Å². The highest BCUT2D eigenvalue weighted by Crippen LogP contribution is 2.29. The third-order valence-electron chi connectivity index (χ3n) is 2.21. The molecule has 1 aromatic heterocycles. The van der Waals surface area contributed by atoms with Gasteiger partial charge >= 0.3 is 6.18 Å². The van der Waals surface area contributed by atoms with Gasteiger partial charge in [-0.15, -0.1) is 11.3 Å². The van der Waals surface area contributed by atoms with Crippen molar-refractivity contribution < 1.29 is 21.6 Å². The summed E-state index contributed by atoms with van der Waals surface area (Å²) in [7, 11) is -3.22. The molecular weight excluding hydrogens is 289 g/mol. The molecule has 18 heavy (non-hydrogen) atoms. The zero-order valence-electron chi connectivity index (χ0n) is 9.78. The molecule has 104 valence electrons. The fraction of sp³-hybridized carbons (Fsp3) is 0.556. The predicted molar refractivity (Wildman–Crippen MR) is 62.8 cm³/mol. The Morgan fingerprint density at radius 3 is 2.39 bits per heavy atom. The highest BCUT2D eigenvalue weighted by Gasteiger charge is 2.35. The Morgan fingerprint density at radius 1 is 1.44 bits per heavy atom. The summed E-state index contributed by atoms with van der Waals surface area (Å²) in [5, 5.41) is 0. The van der Waals surface area contributed by atoms with Crippen LogP contribution in [-0.4, -0.2) is 32.5 Å². The van der Waals surface area contributed by atoms with E-state index in [4.69, 9.17) is 5.73 Å². The maximum absolute atomic E-state index is 12.2. The molecule has 0 amide bonds. The van der Waals surface area contributed by atoms with Crippen molar-refractivity contribution in [1.82, 2.24) is 4.31 Å². The van der Waals surface area contributed by atoms with E-state index in [2.05, 4.69) is 0 Å². The molecule has 0 aliphatic heterocycles. The second-order valence-electron chi connectivity index (χ2n) is 3.71. The van der Waals surface area contributed by atoms with Crippen molar-refractivity contribution in [1.29, 1.82) is 0 Å². The van der Waals surface area contributed by atoms with Crippen LogP contribution in [0.25, 0.3) is 0 Å². The summed E-state index contributed by atoms with van der Waals surface area (Å²) in [6.07, 6.45) is -4.57. The maximum atomic E-state index is 12.2. The minimum atomic E-state index is -4.57. The molecule has 0 radical (unpaired) electrons. The van der Waals surface area contributed by atoms with Crippen molar-refractivity contribution >= 4 is 21.4 Å². The molecule has 0 unspecified atom stereocenters. The highest BCUT2D eigenvalue weighted by atomic mass is 32.2. The minimum Gasteiger partial charge on any atom is -0.326 e. The van der Waals surface area contributed by atoms with E-state index in [9.17, 15) is 21.6 Å². The molecule has 0 aliphatic rings. The van der Waals surface area contributed by atoms with Crippen LogP contribution in [0.5, 0.6) is 0 Å². The van der Waals surface area contributed by atoms with E-state index in [0.717, 1.165) is 18.4 Å². The molecule has 0 bridgehead atoms. The zero-order valence-corrected chi connectivity index (χ0v) is 11.4. The van der Waals surface area contributed by atoms with Crippen LogP contribution in [0, 0.1) is 6.92 Å². The molecule has 1 heterocycles. The summed E-state index contributed by atoms with van der Waals surface area (Å²) in [6, 6.07) is 1.32. The first-order chi connectivity index (χ1) is 8.08. The van der Waals surface area contributed by atoms with E-state index in [1.807, 2.05) is 0 Å². The largest absolute Gasteiger partial charge is 0.402 e. The normalized spacial score (nSPS) is 13.3. The lowest BCUT2D eigenvalue weighted by atomic mass is 10.4. The Bertz CT molecular complexity index is 522. The molecule has 4 nitrogen and oxygen atoms in total.